The van der Waals surface area contributed by atoms with Crippen molar-refractivity contribution in [3.05, 3.63) is 45.9 Å². The first-order valence-corrected chi connectivity index (χ1v) is 4.65. The minimum atomic E-state index is -0.168. The fourth-order valence-corrected chi connectivity index (χ4v) is 1.59. The van der Waals surface area contributed by atoms with E-state index in [1.807, 2.05) is 18.2 Å². The zero-order valence-corrected chi connectivity index (χ0v) is 8.77. The molecule has 1 nitrogen and oxygen atoms in total. The Bertz CT molecular complexity index is 299. The van der Waals surface area contributed by atoms with E-state index in [9.17, 15) is 0 Å². The Balaban J connectivity index is 3.12. The summed E-state index contributed by atoms with van der Waals surface area (Å²) in [5.41, 5.74) is 6.71. The van der Waals surface area contributed by atoms with Crippen LogP contribution in [0.3, 0.4) is 0 Å². The second-order valence-electron chi connectivity index (χ2n) is 2.43. The first-order valence-electron chi connectivity index (χ1n) is 3.48. The second-order valence-corrected chi connectivity index (χ2v) is 3.72. The first-order chi connectivity index (χ1) is 5.65. The third kappa shape index (κ3) is 2.09. The summed E-state index contributed by atoms with van der Waals surface area (Å²) in [7, 11) is 0. The largest absolute Gasteiger partial charge is 0.321 e. The Labute approximate surface area is 85.3 Å². The number of nitrogens with two attached hydrogens (primary N) is 1. The number of benzene rings is 1. The lowest BCUT2D eigenvalue weighted by Gasteiger charge is -2.08. The molecule has 0 saturated carbocycles. The molecule has 1 rings (SSSR count). The predicted octanol–water partition coefficient (Wildman–Crippen LogP) is 3.29. The van der Waals surface area contributed by atoms with Gasteiger partial charge in [0.2, 0.25) is 0 Å². The van der Waals surface area contributed by atoms with E-state index in [0.717, 1.165) is 10.0 Å². The zero-order valence-electron chi connectivity index (χ0n) is 6.43. The van der Waals surface area contributed by atoms with E-state index in [-0.39, 0.29) is 6.04 Å². The third-order valence-electron chi connectivity index (χ3n) is 1.57. The van der Waals surface area contributed by atoms with Gasteiger partial charge in [-0.2, -0.15) is 0 Å². The fourth-order valence-electron chi connectivity index (χ4n) is 0.897. The van der Waals surface area contributed by atoms with Crippen LogP contribution >= 0.6 is 27.5 Å². The number of halogens is 2. The van der Waals surface area contributed by atoms with Gasteiger partial charge in [-0.3, -0.25) is 0 Å². The van der Waals surface area contributed by atoms with E-state index in [4.69, 9.17) is 17.3 Å². The molecule has 0 heterocycles. The average Bonchev–Trinajstić information content (AvgIpc) is 2.08. The van der Waals surface area contributed by atoms with Crippen LogP contribution in [0.4, 0.5) is 0 Å². The van der Waals surface area contributed by atoms with Crippen LogP contribution in [-0.2, 0) is 0 Å². The summed E-state index contributed by atoms with van der Waals surface area (Å²) in [6.07, 6.45) is 1.68. The Morgan fingerprint density at radius 1 is 1.58 bits per heavy atom. The van der Waals surface area contributed by atoms with Gasteiger partial charge in [0, 0.05) is 15.5 Å². The standard InChI is InChI=1S/C9H9BrClN/c1-2-9(12)7-5-6(11)3-4-8(7)10/h2-5,9H,1,12H2/t9-/m0/s1. The van der Waals surface area contributed by atoms with Crippen molar-refractivity contribution in [2.75, 3.05) is 0 Å². The van der Waals surface area contributed by atoms with Crippen molar-refractivity contribution in [2.24, 2.45) is 5.73 Å². The van der Waals surface area contributed by atoms with Crippen LogP contribution in [0.15, 0.2) is 35.3 Å². The maximum Gasteiger partial charge on any atom is 0.0490 e. The van der Waals surface area contributed by atoms with Crippen LogP contribution in [0.2, 0.25) is 5.02 Å². The Morgan fingerprint density at radius 3 is 2.83 bits per heavy atom. The number of hydrogen-bond acceptors (Lipinski definition) is 1. The van der Waals surface area contributed by atoms with Crippen molar-refractivity contribution in [1.29, 1.82) is 0 Å². The summed E-state index contributed by atoms with van der Waals surface area (Å²) >= 11 is 9.19. The third-order valence-corrected chi connectivity index (χ3v) is 2.53. The average molecular weight is 247 g/mol. The summed E-state index contributed by atoms with van der Waals surface area (Å²) in [6, 6.07) is 5.35. The minimum absolute atomic E-state index is 0.168. The molecule has 2 N–H and O–H groups in total. The second kappa shape index (κ2) is 4.08. The highest BCUT2D eigenvalue weighted by atomic mass is 79.9. The van der Waals surface area contributed by atoms with Crippen LogP contribution in [0.5, 0.6) is 0 Å². The molecule has 64 valence electrons. The number of hydrogen-bond donors (Lipinski definition) is 1. The highest BCUT2D eigenvalue weighted by molar-refractivity contribution is 9.10. The van der Waals surface area contributed by atoms with E-state index < -0.39 is 0 Å². The lowest BCUT2D eigenvalue weighted by atomic mass is 10.1. The lowest BCUT2D eigenvalue weighted by molar-refractivity contribution is 0.908. The van der Waals surface area contributed by atoms with Crippen LogP contribution in [0.1, 0.15) is 11.6 Å². The normalized spacial score (nSPS) is 12.6. The van der Waals surface area contributed by atoms with Gasteiger partial charge in [-0.05, 0) is 23.8 Å². The van der Waals surface area contributed by atoms with E-state index in [1.54, 1.807) is 6.08 Å². The van der Waals surface area contributed by atoms with E-state index in [0.29, 0.717) is 5.02 Å². The molecule has 0 fully saturated rings. The topological polar surface area (TPSA) is 26.0 Å². The van der Waals surface area contributed by atoms with E-state index >= 15 is 0 Å². The van der Waals surface area contributed by atoms with Gasteiger partial charge in [-0.1, -0.05) is 33.6 Å². The first kappa shape index (κ1) is 9.78. The van der Waals surface area contributed by atoms with Crippen molar-refractivity contribution < 1.29 is 0 Å². The molecule has 0 amide bonds. The van der Waals surface area contributed by atoms with Crippen LogP contribution in [-0.4, -0.2) is 0 Å². The molecule has 0 aliphatic rings. The van der Waals surface area contributed by atoms with Crippen molar-refractivity contribution in [2.45, 2.75) is 6.04 Å². The van der Waals surface area contributed by atoms with Crippen LogP contribution in [0.25, 0.3) is 0 Å². The van der Waals surface area contributed by atoms with Gasteiger partial charge >= 0.3 is 0 Å². The molecular weight excluding hydrogens is 237 g/mol. The smallest absolute Gasteiger partial charge is 0.0490 e. The molecule has 1 atom stereocenters. The molecule has 0 aliphatic carbocycles. The van der Waals surface area contributed by atoms with Crippen molar-refractivity contribution >= 4 is 27.5 Å². The monoisotopic (exact) mass is 245 g/mol. The van der Waals surface area contributed by atoms with Crippen LogP contribution < -0.4 is 5.73 Å². The highest BCUT2D eigenvalue weighted by Gasteiger charge is 2.05. The minimum Gasteiger partial charge on any atom is -0.321 e. The highest BCUT2D eigenvalue weighted by Crippen LogP contribution is 2.25. The maximum absolute atomic E-state index is 5.81. The van der Waals surface area contributed by atoms with Gasteiger partial charge in [0.25, 0.3) is 0 Å². The fraction of sp³-hybridized carbons (Fsp3) is 0.111. The van der Waals surface area contributed by atoms with Crippen LogP contribution in [0, 0.1) is 0 Å². The van der Waals surface area contributed by atoms with Gasteiger partial charge in [0.15, 0.2) is 0 Å². The van der Waals surface area contributed by atoms with Crippen molar-refractivity contribution in [3.63, 3.8) is 0 Å². The molecule has 0 unspecified atom stereocenters. The molecule has 3 heteroatoms. The van der Waals surface area contributed by atoms with E-state index in [1.165, 1.54) is 0 Å². The molecular formula is C9H9BrClN. The Kier molecular flexibility index (Phi) is 3.32. The Morgan fingerprint density at radius 2 is 2.25 bits per heavy atom. The van der Waals surface area contributed by atoms with Gasteiger partial charge < -0.3 is 5.73 Å². The summed E-state index contributed by atoms with van der Waals surface area (Å²) in [6.45, 7) is 3.62. The summed E-state index contributed by atoms with van der Waals surface area (Å²) in [4.78, 5) is 0. The number of rotatable bonds is 2. The van der Waals surface area contributed by atoms with Gasteiger partial charge in [0.05, 0.1) is 0 Å². The summed E-state index contributed by atoms with van der Waals surface area (Å²) in [5, 5.41) is 0.686. The van der Waals surface area contributed by atoms with Gasteiger partial charge in [-0.25, -0.2) is 0 Å². The lowest BCUT2D eigenvalue weighted by Crippen LogP contribution is -2.06. The molecule has 0 spiro atoms. The van der Waals surface area contributed by atoms with E-state index in [2.05, 4.69) is 22.5 Å². The SMILES string of the molecule is C=C[C@H](N)c1cc(Cl)ccc1Br. The summed E-state index contributed by atoms with van der Waals surface area (Å²) in [5.74, 6) is 0. The molecule has 12 heavy (non-hydrogen) atoms. The molecule has 0 saturated heterocycles. The van der Waals surface area contributed by atoms with Gasteiger partial charge in [0.1, 0.15) is 0 Å². The molecule has 0 aromatic heterocycles. The summed E-state index contributed by atoms with van der Waals surface area (Å²) < 4.78 is 0.958. The van der Waals surface area contributed by atoms with Crippen molar-refractivity contribution in [1.82, 2.24) is 0 Å². The maximum atomic E-state index is 5.81. The molecule has 1 aromatic carbocycles. The molecule has 1 aromatic rings. The van der Waals surface area contributed by atoms with Gasteiger partial charge in [-0.15, -0.1) is 6.58 Å². The molecule has 0 aliphatic heterocycles. The molecule has 0 bridgehead atoms. The van der Waals surface area contributed by atoms with Crippen molar-refractivity contribution in [3.8, 4) is 0 Å². The Hall–Kier alpha value is -0.310. The quantitative estimate of drug-likeness (QED) is 0.796. The predicted molar refractivity (Wildman–Crippen MR) is 56.3 cm³/mol. The molecule has 0 radical (unpaired) electrons. The zero-order chi connectivity index (χ0) is 9.14.